The first-order chi connectivity index (χ1) is 12.5. The number of carbonyl (C=O) groups is 3. The summed E-state index contributed by atoms with van der Waals surface area (Å²) >= 11 is 2.42. The van der Waals surface area contributed by atoms with E-state index in [0.717, 1.165) is 47.2 Å². The number of rotatable bonds is 5. The third-order valence-electron chi connectivity index (χ3n) is 4.80. The average Bonchev–Trinajstić information content (AvgIpc) is 3.20. The molecule has 26 heavy (non-hydrogen) atoms. The Morgan fingerprint density at radius 3 is 2.65 bits per heavy atom. The van der Waals surface area contributed by atoms with Gasteiger partial charge in [0.2, 0.25) is 5.91 Å². The van der Waals surface area contributed by atoms with E-state index in [4.69, 9.17) is 0 Å². The van der Waals surface area contributed by atoms with Crippen molar-refractivity contribution in [3.63, 3.8) is 0 Å². The predicted octanol–water partition coefficient (Wildman–Crippen LogP) is 4.35. The van der Waals surface area contributed by atoms with Gasteiger partial charge in [0.15, 0.2) is 0 Å². The van der Waals surface area contributed by atoms with Crippen LogP contribution in [-0.2, 0) is 9.59 Å². The highest BCUT2D eigenvalue weighted by molar-refractivity contribution is 8.18. The highest BCUT2D eigenvalue weighted by atomic mass is 32.2. The van der Waals surface area contributed by atoms with Gasteiger partial charge in [0, 0.05) is 17.0 Å². The van der Waals surface area contributed by atoms with Crippen LogP contribution in [0.1, 0.15) is 50.8 Å². The van der Waals surface area contributed by atoms with Crippen LogP contribution in [0.25, 0.3) is 6.08 Å². The normalized spacial score (nSPS) is 20.4. The maximum atomic E-state index is 12.9. The molecule has 2 aliphatic rings. The highest BCUT2D eigenvalue weighted by Gasteiger charge is 2.38. The lowest BCUT2D eigenvalue weighted by molar-refractivity contribution is -0.140. The fourth-order valence-electron chi connectivity index (χ4n) is 3.63. The Bertz CT molecular complexity index is 706. The molecule has 3 rings (SSSR count). The molecule has 0 bridgehead atoms. The number of carbonyl (C=O) groups excluding carboxylic acids is 3. The van der Waals surface area contributed by atoms with E-state index in [9.17, 15) is 14.4 Å². The first-order valence-corrected chi connectivity index (χ1v) is 10.8. The number of hydrogen-bond donors (Lipinski definition) is 0. The maximum Gasteiger partial charge on any atom is 0.294 e. The molecule has 0 N–H and O–H groups in total. The van der Waals surface area contributed by atoms with Crippen molar-refractivity contribution in [3.05, 3.63) is 27.3 Å². The largest absolute Gasteiger partial charge is 0.336 e. The SMILES string of the molecule is CC(C)N(C(=O)CN1C(=O)S/C(=C\c2cccs2)C1=O)C1CCCCC1. The third-order valence-corrected chi connectivity index (χ3v) is 6.52. The molecule has 1 saturated carbocycles. The molecule has 0 spiro atoms. The summed E-state index contributed by atoms with van der Waals surface area (Å²) in [6.45, 7) is 3.83. The van der Waals surface area contributed by atoms with Crippen molar-refractivity contribution >= 4 is 46.2 Å². The molecule has 1 aromatic rings. The van der Waals surface area contributed by atoms with Crippen LogP contribution in [-0.4, -0.2) is 45.5 Å². The van der Waals surface area contributed by atoms with Crippen LogP contribution in [0.3, 0.4) is 0 Å². The van der Waals surface area contributed by atoms with Crippen molar-refractivity contribution in [2.24, 2.45) is 0 Å². The van der Waals surface area contributed by atoms with E-state index < -0.39 is 0 Å². The predicted molar refractivity (Wildman–Crippen MR) is 106 cm³/mol. The molecule has 3 amide bonds. The van der Waals surface area contributed by atoms with Gasteiger partial charge in [0.05, 0.1) is 4.91 Å². The van der Waals surface area contributed by atoms with Crippen LogP contribution >= 0.6 is 23.1 Å². The Labute approximate surface area is 162 Å². The number of thiophene rings is 1. The van der Waals surface area contributed by atoms with E-state index >= 15 is 0 Å². The monoisotopic (exact) mass is 392 g/mol. The van der Waals surface area contributed by atoms with Crippen molar-refractivity contribution in [1.82, 2.24) is 9.80 Å². The van der Waals surface area contributed by atoms with Crippen molar-refractivity contribution in [2.45, 2.75) is 58.0 Å². The van der Waals surface area contributed by atoms with Gasteiger partial charge in [-0.15, -0.1) is 11.3 Å². The van der Waals surface area contributed by atoms with Gasteiger partial charge in [0.1, 0.15) is 6.54 Å². The Morgan fingerprint density at radius 2 is 2.04 bits per heavy atom. The topological polar surface area (TPSA) is 57.7 Å². The zero-order chi connectivity index (χ0) is 18.7. The van der Waals surface area contributed by atoms with Gasteiger partial charge in [-0.05, 0) is 56.0 Å². The molecule has 5 nitrogen and oxygen atoms in total. The second kappa shape index (κ2) is 8.39. The number of hydrogen-bond acceptors (Lipinski definition) is 5. The Morgan fingerprint density at radius 1 is 1.31 bits per heavy atom. The molecular weight excluding hydrogens is 368 g/mol. The minimum Gasteiger partial charge on any atom is -0.336 e. The molecular formula is C19H24N2O3S2. The van der Waals surface area contributed by atoms with Gasteiger partial charge in [-0.25, -0.2) is 0 Å². The van der Waals surface area contributed by atoms with E-state index in [-0.39, 0.29) is 35.7 Å². The molecule has 0 aromatic carbocycles. The van der Waals surface area contributed by atoms with Crippen LogP contribution < -0.4 is 0 Å². The molecule has 1 aliphatic carbocycles. The Balaban J connectivity index is 1.71. The lowest BCUT2D eigenvalue weighted by atomic mass is 9.93. The van der Waals surface area contributed by atoms with Crippen molar-refractivity contribution in [2.75, 3.05) is 6.54 Å². The third kappa shape index (κ3) is 4.20. The van der Waals surface area contributed by atoms with Gasteiger partial charge in [-0.1, -0.05) is 25.3 Å². The van der Waals surface area contributed by atoms with Crippen LogP contribution in [0, 0.1) is 0 Å². The molecule has 2 fully saturated rings. The van der Waals surface area contributed by atoms with Crippen molar-refractivity contribution < 1.29 is 14.4 Å². The van der Waals surface area contributed by atoms with Gasteiger partial charge >= 0.3 is 0 Å². The van der Waals surface area contributed by atoms with Gasteiger partial charge in [0.25, 0.3) is 11.1 Å². The maximum absolute atomic E-state index is 12.9. The summed E-state index contributed by atoms with van der Waals surface area (Å²) < 4.78 is 0. The highest BCUT2D eigenvalue weighted by Crippen LogP contribution is 2.33. The van der Waals surface area contributed by atoms with Gasteiger partial charge in [-0.2, -0.15) is 0 Å². The summed E-state index contributed by atoms with van der Waals surface area (Å²) in [6, 6.07) is 4.08. The van der Waals surface area contributed by atoms with Crippen LogP contribution in [0.15, 0.2) is 22.4 Å². The van der Waals surface area contributed by atoms with E-state index in [1.165, 1.54) is 17.8 Å². The van der Waals surface area contributed by atoms with E-state index in [1.54, 1.807) is 6.08 Å². The standard InChI is InChI=1S/C19H24N2O3S2/c1-13(2)21(14-7-4-3-5-8-14)17(22)12-20-18(23)16(26-19(20)24)11-15-9-6-10-25-15/h6,9-11,13-14H,3-5,7-8,12H2,1-2H3/b16-11-. The molecule has 1 aromatic heterocycles. The molecule has 2 heterocycles. The number of nitrogens with zero attached hydrogens (tertiary/aromatic N) is 2. The molecule has 140 valence electrons. The zero-order valence-electron chi connectivity index (χ0n) is 15.1. The summed E-state index contributed by atoms with van der Waals surface area (Å²) in [5.74, 6) is -0.499. The number of amides is 3. The molecule has 7 heteroatoms. The zero-order valence-corrected chi connectivity index (χ0v) is 16.8. The summed E-state index contributed by atoms with van der Waals surface area (Å²) in [5, 5.41) is 1.56. The second-order valence-electron chi connectivity index (χ2n) is 6.97. The lowest BCUT2D eigenvalue weighted by Crippen LogP contribution is -2.50. The summed E-state index contributed by atoms with van der Waals surface area (Å²) in [6.07, 6.45) is 7.21. The van der Waals surface area contributed by atoms with E-state index in [2.05, 4.69) is 0 Å². The van der Waals surface area contributed by atoms with Crippen molar-refractivity contribution in [1.29, 1.82) is 0 Å². The molecule has 1 saturated heterocycles. The average molecular weight is 393 g/mol. The Hall–Kier alpha value is -1.60. The van der Waals surface area contributed by atoms with E-state index in [0.29, 0.717) is 4.91 Å². The smallest absolute Gasteiger partial charge is 0.294 e. The fourth-order valence-corrected chi connectivity index (χ4v) is 5.19. The van der Waals surface area contributed by atoms with Crippen LogP contribution in [0.5, 0.6) is 0 Å². The second-order valence-corrected chi connectivity index (χ2v) is 8.94. The van der Waals surface area contributed by atoms with Gasteiger partial charge in [-0.3, -0.25) is 19.3 Å². The minimum absolute atomic E-state index is 0.0622. The lowest BCUT2D eigenvalue weighted by Gasteiger charge is -2.38. The minimum atomic E-state index is -0.367. The first kappa shape index (κ1) is 19.2. The van der Waals surface area contributed by atoms with Crippen LogP contribution in [0.4, 0.5) is 4.79 Å². The van der Waals surface area contributed by atoms with Gasteiger partial charge < -0.3 is 4.90 Å². The molecule has 0 unspecified atom stereocenters. The van der Waals surface area contributed by atoms with E-state index in [1.807, 2.05) is 36.3 Å². The first-order valence-electron chi connectivity index (χ1n) is 9.07. The molecule has 0 atom stereocenters. The fraction of sp³-hybridized carbons (Fsp3) is 0.526. The summed E-state index contributed by atoms with van der Waals surface area (Å²) in [5.41, 5.74) is 0. The summed E-state index contributed by atoms with van der Waals surface area (Å²) in [4.78, 5) is 42.1. The summed E-state index contributed by atoms with van der Waals surface area (Å²) in [7, 11) is 0. The number of imide groups is 1. The quantitative estimate of drug-likeness (QED) is 0.699. The number of thioether (sulfide) groups is 1. The molecule has 0 radical (unpaired) electrons. The Kier molecular flexibility index (Phi) is 6.19. The van der Waals surface area contributed by atoms with Crippen LogP contribution in [0.2, 0.25) is 0 Å². The van der Waals surface area contributed by atoms with Crippen molar-refractivity contribution in [3.8, 4) is 0 Å². The molecule has 1 aliphatic heterocycles.